The van der Waals surface area contributed by atoms with E-state index in [0.29, 0.717) is 12.5 Å². The number of likely N-dealkylation sites (N-methyl/N-ethyl adjacent to an activating group) is 1. The smallest absolute Gasteiger partial charge is 0.304 e. The first kappa shape index (κ1) is 15.7. The molecule has 0 aliphatic carbocycles. The van der Waals surface area contributed by atoms with Crippen molar-refractivity contribution < 1.29 is 9.90 Å². The number of aliphatic carboxylic acids is 1. The van der Waals surface area contributed by atoms with Gasteiger partial charge in [0.25, 0.3) is 0 Å². The van der Waals surface area contributed by atoms with Crippen molar-refractivity contribution in [3.8, 4) is 0 Å². The highest BCUT2D eigenvalue weighted by Crippen LogP contribution is 2.19. The summed E-state index contributed by atoms with van der Waals surface area (Å²) in [6, 6.07) is 6.66. The molecule has 0 radical (unpaired) electrons. The molecule has 19 heavy (non-hydrogen) atoms. The van der Waals surface area contributed by atoms with Crippen molar-refractivity contribution in [3.05, 3.63) is 34.9 Å². The van der Waals surface area contributed by atoms with Gasteiger partial charge < -0.3 is 10.0 Å². The van der Waals surface area contributed by atoms with E-state index in [9.17, 15) is 4.79 Å². The number of carboxylic acid groups (broad SMARTS) is 1. The van der Waals surface area contributed by atoms with E-state index in [1.807, 2.05) is 7.05 Å². The molecule has 0 aliphatic rings. The maximum Gasteiger partial charge on any atom is 0.304 e. The van der Waals surface area contributed by atoms with Gasteiger partial charge in [0, 0.05) is 13.1 Å². The molecule has 1 aromatic carbocycles. The molecule has 0 saturated heterocycles. The summed E-state index contributed by atoms with van der Waals surface area (Å²) in [5.74, 6) is -0.186. The number of rotatable bonds is 7. The Bertz CT molecular complexity index is 427. The summed E-state index contributed by atoms with van der Waals surface area (Å²) in [6.07, 6.45) is 1.18. The first-order valence-electron chi connectivity index (χ1n) is 6.90. The largest absolute Gasteiger partial charge is 0.481 e. The lowest BCUT2D eigenvalue weighted by Crippen LogP contribution is -2.24. The Morgan fingerprint density at radius 1 is 1.32 bits per heavy atom. The van der Waals surface area contributed by atoms with Gasteiger partial charge in [0.1, 0.15) is 0 Å². The van der Waals surface area contributed by atoms with E-state index in [2.05, 4.69) is 43.9 Å². The highest BCUT2D eigenvalue weighted by atomic mass is 16.4. The molecule has 0 unspecified atom stereocenters. The Morgan fingerprint density at radius 2 is 2.00 bits per heavy atom. The molecule has 1 N–H and O–H groups in total. The Hall–Kier alpha value is -1.35. The summed E-state index contributed by atoms with van der Waals surface area (Å²) >= 11 is 0. The average Bonchev–Trinajstić information content (AvgIpc) is 2.35. The van der Waals surface area contributed by atoms with Gasteiger partial charge in [-0.1, -0.05) is 32.0 Å². The van der Waals surface area contributed by atoms with Crippen LogP contribution in [-0.2, 0) is 11.2 Å². The van der Waals surface area contributed by atoms with Crippen molar-refractivity contribution in [2.75, 3.05) is 20.1 Å². The second-order valence-corrected chi connectivity index (χ2v) is 5.54. The second-order valence-electron chi connectivity index (χ2n) is 5.54. The molecule has 0 aromatic heterocycles. The maximum atomic E-state index is 10.5. The number of carbonyl (C=O) groups is 1. The molecule has 0 atom stereocenters. The van der Waals surface area contributed by atoms with E-state index in [1.54, 1.807) is 0 Å². The molecule has 0 heterocycles. The van der Waals surface area contributed by atoms with Gasteiger partial charge >= 0.3 is 5.97 Å². The van der Waals surface area contributed by atoms with Crippen LogP contribution in [-0.4, -0.2) is 36.1 Å². The normalized spacial score (nSPS) is 11.3. The number of aryl methyl sites for hydroxylation is 1. The lowest BCUT2D eigenvalue weighted by atomic mass is 9.96. The van der Waals surface area contributed by atoms with Crippen LogP contribution in [0.2, 0.25) is 0 Å². The minimum absolute atomic E-state index is 0.210. The molecule has 0 saturated carbocycles. The number of hydrogen-bond donors (Lipinski definition) is 1. The molecule has 3 nitrogen and oxygen atoms in total. The van der Waals surface area contributed by atoms with Crippen LogP contribution in [0.25, 0.3) is 0 Å². The quantitative estimate of drug-likeness (QED) is 0.822. The molecule has 0 spiro atoms. The standard InChI is InChI=1S/C16H25NO2/c1-12(2)14-6-5-13(3)15(11-14)7-9-17(4)10-8-16(18)19/h5-6,11-12H,7-10H2,1-4H3,(H,18,19). The zero-order valence-electron chi connectivity index (χ0n) is 12.4. The van der Waals surface area contributed by atoms with Gasteiger partial charge in [0.15, 0.2) is 0 Å². The monoisotopic (exact) mass is 263 g/mol. The summed E-state index contributed by atoms with van der Waals surface area (Å²) in [7, 11) is 1.98. The zero-order valence-corrected chi connectivity index (χ0v) is 12.4. The van der Waals surface area contributed by atoms with Crippen molar-refractivity contribution in [3.63, 3.8) is 0 Å². The number of benzene rings is 1. The fraction of sp³-hybridized carbons (Fsp3) is 0.562. The van der Waals surface area contributed by atoms with E-state index in [-0.39, 0.29) is 6.42 Å². The summed E-state index contributed by atoms with van der Waals surface area (Å²) < 4.78 is 0. The molecule has 106 valence electrons. The maximum absolute atomic E-state index is 10.5. The van der Waals surface area contributed by atoms with Crippen LogP contribution >= 0.6 is 0 Å². The molecular weight excluding hydrogens is 238 g/mol. The van der Waals surface area contributed by atoms with Gasteiger partial charge in [-0.15, -0.1) is 0 Å². The predicted molar refractivity (Wildman–Crippen MR) is 78.7 cm³/mol. The van der Waals surface area contributed by atoms with Crippen molar-refractivity contribution >= 4 is 5.97 Å². The molecule has 0 bridgehead atoms. The van der Waals surface area contributed by atoms with Gasteiger partial charge in [-0.2, -0.15) is 0 Å². The molecular formula is C16H25NO2. The van der Waals surface area contributed by atoms with Crippen LogP contribution in [0.3, 0.4) is 0 Å². The average molecular weight is 263 g/mol. The van der Waals surface area contributed by atoms with Crippen LogP contribution < -0.4 is 0 Å². The van der Waals surface area contributed by atoms with Gasteiger partial charge in [-0.3, -0.25) is 4.79 Å². The van der Waals surface area contributed by atoms with Gasteiger partial charge in [0.2, 0.25) is 0 Å². The first-order chi connectivity index (χ1) is 8.90. The molecule has 1 rings (SSSR count). The Balaban J connectivity index is 2.56. The first-order valence-corrected chi connectivity index (χ1v) is 6.90. The minimum Gasteiger partial charge on any atom is -0.481 e. The van der Waals surface area contributed by atoms with Gasteiger partial charge in [-0.05, 0) is 43.0 Å². The van der Waals surface area contributed by atoms with Crippen molar-refractivity contribution in [1.82, 2.24) is 4.90 Å². The molecule has 1 aromatic rings. The molecule has 0 amide bonds. The van der Waals surface area contributed by atoms with Gasteiger partial charge in [0.05, 0.1) is 6.42 Å². The Labute approximate surface area is 116 Å². The third-order valence-electron chi connectivity index (χ3n) is 3.51. The number of carboxylic acids is 1. The van der Waals surface area contributed by atoms with Crippen LogP contribution in [0, 0.1) is 6.92 Å². The molecule has 0 fully saturated rings. The summed E-state index contributed by atoms with van der Waals surface area (Å²) in [6.45, 7) is 8.05. The van der Waals surface area contributed by atoms with E-state index in [4.69, 9.17) is 5.11 Å². The Kier molecular flexibility index (Phi) is 6.03. The summed E-state index contributed by atoms with van der Waals surface area (Å²) in [4.78, 5) is 12.6. The van der Waals surface area contributed by atoms with Crippen LogP contribution in [0.5, 0.6) is 0 Å². The van der Waals surface area contributed by atoms with Crippen molar-refractivity contribution in [2.24, 2.45) is 0 Å². The lowest BCUT2D eigenvalue weighted by Gasteiger charge is -2.17. The van der Waals surface area contributed by atoms with Crippen LogP contribution in [0.4, 0.5) is 0 Å². The van der Waals surface area contributed by atoms with E-state index < -0.39 is 5.97 Å². The van der Waals surface area contributed by atoms with E-state index in [0.717, 1.165) is 13.0 Å². The molecule has 0 aliphatic heterocycles. The van der Waals surface area contributed by atoms with Crippen molar-refractivity contribution in [1.29, 1.82) is 0 Å². The summed E-state index contributed by atoms with van der Waals surface area (Å²) in [5, 5.41) is 8.66. The number of hydrogen-bond acceptors (Lipinski definition) is 2. The third kappa shape index (κ3) is 5.43. The minimum atomic E-state index is -0.732. The number of nitrogens with zero attached hydrogens (tertiary/aromatic N) is 1. The predicted octanol–water partition coefficient (Wildman–Crippen LogP) is 3.07. The topological polar surface area (TPSA) is 40.5 Å². The fourth-order valence-corrected chi connectivity index (χ4v) is 2.03. The fourth-order valence-electron chi connectivity index (χ4n) is 2.03. The highest BCUT2D eigenvalue weighted by molar-refractivity contribution is 5.66. The Morgan fingerprint density at radius 3 is 2.58 bits per heavy atom. The molecule has 3 heteroatoms. The SMILES string of the molecule is Cc1ccc(C(C)C)cc1CCN(C)CCC(=O)O. The zero-order chi connectivity index (χ0) is 14.4. The van der Waals surface area contributed by atoms with Gasteiger partial charge in [-0.25, -0.2) is 0 Å². The van der Waals surface area contributed by atoms with Crippen LogP contribution in [0.15, 0.2) is 18.2 Å². The van der Waals surface area contributed by atoms with E-state index >= 15 is 0 Å². The van der Waals surface area contributed by atoms with Crippen LogP contribution in [0.1, 0.15) is 42.9 Å². The van der Waals surface area contributed by atoms with Crippen molar-refractivity contribution in [2.45, 2.75) is 39.5 Å². The summed E-state index contributed by atoms with van der Waals surface area (Å²) in [5.41, 5.74) is 4.05. The lowest BCUT2D eigenvalue weighted by molar-refractivity contribution is -0.137. The second kappa shape index (κ2) is 7.29. The van der Waals surface area contributed by atoms with E-state index in [1.165, 1.54) is 16.7 Å². The third-order valence-corrected chi connectivity index (χ3v) is 3.51. The highest BCUT2D eigenvalue weighted by Gasteiger charge is 2.06.